The molecule has 4 aromatic rings. The lowest BCUT2D eigenvalue weighted by atomic mass is 10.1. The number of furan rings is 1. The highest BCUT2D eigenvalue weighted by Gasteiger charge is 2.25. The number of rotatable bonds is 11. The number of aromatic nitrogens is 4. The predicted molar refractivity (Wildman–Crippen MR) is 134 cm³/mol. The first-order valence-electron chi connectivity index (χ1n) is 10.4. The molecule has 0 aliphatic heterocycles. The van der Waals surface area contributed by atoms with Gasteiger partial charge in [0.2, 0.25) is 11.8 Å². The fourth-order valence-electron chi connectivity index (χ4n) is 2.95. The molecule has 0 unspecified atom stereocenters. The van der Waals surface area contributed by atoms with E-state index in [1.165, 1.54) is 45.2 Å². The SMILES string of the molecule is COc1cnc(OCCOc2ncnc(NS(=O)(=O)N(C)c3ccco3)c2-c2ccc(Br)cc2)nc1. The van der Waals surface area contributed by atoms with E-state index in [-0.39, 0.29) is 36.8 Å². The molecule has 0 bridgehead atoms. The van der Waals surface area contributed by atoms with Crippen LogP contribution in [0.1, 0.15) is 0 Å². The van der Waals surface area contributed by atoms with Gasteiger partial charge in [-0.3, -0.25) is 0 Å². The van der Waals surface area contributed by atoms with Crippen molar-refractivity contribution < 1.29 is 27.0 Å². The molecule has 0 saturated carbocycles. The van der Waals surface area contributed by atoms with E-state index in [2.05, 4.69) is 40.6 Å². The molecule has 12 nitrogen and oxygen atoms in total. The molecule has 4 rings (SSSR count). The Morgan fingerprint density at radius 2 is 1.75 bits per heavy atom. The molecule has 0 amide bonds. The third-order valence-corrected chi connectivity index (χ3v) is 6.62. The van der Waals surface area contributed by atoms with Gasteiger partial charge >= 0.3 is 16.2 Å². The fraction of sp³-hybridized carbons (Fsp3) is 0.182. The minimum atomic E-state index is -4.08. The summed E-state index contributed by atoms with van der Waals surface area (Å²) >= 11 is 3.40. The van der Waals surface area contributed by atoms with Crippen LogP contribution in [-0.2, 0) is 10.2 Å². The van der Waals surface area contributed by atoms with E-state index in [1.807, 2.05) is 12.1 Å². The maximum atomic E-state index is 13.0. The van der Waals surface area contributed by atoms with Crippen molar-refractivity contribution >= 4 is 37.8 Å². The smallest absolute Gasteiger partial charge is 0.327 e. The number of methoxy groups -OCH3 is 1. The largest absolute Gasteiger partial charge is 0.494 e. The molecule has 1 N–H and O–H groups in total. The zero-order valence-corrected chi connectivity index (χ0v) is 21.6. The molecule has 0 spiro atoms. The highest BCUT2D eigenvalue weighted by Crippen LogP contribution is 2.35. The molecule has 3 aromatic heterocycles. The van der Waals surface area contributed by atoms with Crippen molar-refractivity contribution in [1.29, 1.82) is 0 Å². The quantitative estimate of drug-likeness (QED) is 0.263. The summed E-state index contributed by atoms with van der Waals surface area (Å²) in [6.45, 7) is 0.187. The Labute approximate surface area is 215 Å². The summed E-state index contributed by atoms with van der Waals surface area (Å²) in [5, 5.41) is 0. The van der Waals surface area contributed by atoms with Crippen LogP contribution in [0.3, 0.4) is 0 Å². The molecule has 0 radical (unpaired) electrons. The van der Waals surface area contributed by atoms with E-state index in [1.54, 1.807) is 18.2 Å². The second-order valence-corrected chi connectivity index (χ2v) is 9.66. The standard InChI is InChI=1S/C22H21BrN6O6S/c1-29(18-4-3-9-33-18)36(30,31)28-20-19(15-5-7-16(23)8-6-15)21(27-14-26-20)34-10-11-35-22-24-12-17(32-2)13-25-22/h3-9,12-14H,10-11H2,1-2H3,(H,26,27,28). The van der Waals surface area contributed by atoms with Gasteiger partial charge in [0.15, 0.2) is 11.6 Å². The van der Waals surface area contributed by atoms with Gasteiger partial charge in [0.1, 0.15) is 19.5 Å². The fourth-order valence-corrected chi connectivity index (χ4v) is 4.09. The van der Waals surface area contributed by atoms with Crippen molar-refractivity contribution in [3.05, 3.63) is 65.9 Å². The number of nitrogens with zero attached hydrogens (tertiary/aromatic N) is 5. The van der Waals surface area contributed by atoms with Crippen molar-refractivity contribution in [2.45, 2.75) is 0 Å². The zero-order valence-electron chi connectivity index (χ0n) is 19.2. The van der Waals surface area contributed by atoms with Gasteiger partial charge in [0, 0.05) is 17.6 Å². The van der Waals surface area contributed by atoms with Crippen LogP contribution in [0.25, 0.3) is 11.1 Å². The molecule has 188 valence electrons. The highest BCUT2D eigenvalue weighted by atomic mass is 79.9. The second-order valence-electron chi connectivity index (χ2n) is 7.04. The first-order chi connectivity index (χ1) is 17.4. The lowest BCUT2D eigenvalue weighted by Gasteiger charge is -2.19. The Morgan fingerprint density at radius 3 is 2.42 bits per heavy atom. The average Bonchev–Trinajstić information content (AvgIpc) is 3.42. The zero-order chi connectivity index (χ0) is 25.5. The van der Waals surface area contributed by atoms with Gasteiger partial charge in [-0.15, -0.1) is 0 Å². The number of hydrogen-bond acceptors (Lipinski definition) is 10. The van der Waals surface area contributed by atoms with Gasteiger partial charge in [-0.1, -0.05) is 28.1 Å². The van der Waals surface area contributed by atoms with Gasteiger partial charge in [0.05, 0.1) is 31.3 Å². The molecule has 36 heavy (non-hydrogen) atoms. The van der Waals surface area contributed by atoms with Crippen molar-refractivity contribution in [2.75, 3.05) is 36.4 Å². The molecule has 3 heterocycles. The summed E-state index contributed by atoms with van der Waals surface area (Å²) in [5.41, 5.74) is 0.980. The molecule has 14 heteroatoms. The van der Waals surface area contributed by atoms with Crippen LogP contribution in [0.5, 0.6) is 17.6 Å². The molecular weight excluding hydrogens is 556 g/mol. The highest BCUT2D eigenvalue weighted by molar-refractivity contribution is 9.10. The molecule has 0 atom stereocenters. The van der Waals surface area contributed by atoms with Crippen LogP contribution < -0.4 is 23.2 Å². The average molecular weight is 577 g/mol. The topological polar surface area (TPSA) is 142 Å². The minimum Gasteiger partial charge on any atom is -0.494 e. The lowest BCUT2D eigenvalue weighted by Crippen LogP contribution is -2.32. The summed E-state index contributed by atoms with van der Waals surface area (Å²) in [6.07, 6.45) is 5.55. The molecular formula is C22H21BrN6O6S. The summed E-state index contributed by atoms with van der Waals surface area (Å²) in [4.78, 5) is 16.4. The first kappa shape index (κ1) is 25.2. The Balaban J connectivity index is 1.56. The third kappa shape index (κ3) is 6.01. The van der Waals surface area contributed by atoms with E-state index in [9.17, 15) is 8.42 Å². The number of nitrogens with one attached hydrogen (secondary N) is 1. The van der Waals surface area contributed by atoms with Crippen molar-refractivity contribution in [2.24, 2.45) is 0 Å². The summed E-state index contributed by atoms with van der Waals surface area (Å²) in [5.74, 6) is 0.826. The first-order valence-corrected chi connectivity index (χ1v) is 12.6. The normalized spacial score (nSPS) is 11.1. The van der Waals surface area contributed by atoms with Crippen LogP contribution in [0.15, 0.2) is 70.3 Å². The molecule has 1 aromatic carbocycles. The Bertz CT molecular complexity index is 1390. The molecule has 0 fully saturated rings. The lowest BCUT2D eigenvalue weighted by molar-refractivity contribution is 0.201. The predicted octanol–water partition coefficient (Wildman–Crippen LogP) is 3.55. The van der Waals surface area contributed by atoms with Gasteiger partial charge in [0.25, 0.3) is 0 Å². The van der Waals surface area contributed by atoms with Crippen molar-refractivity contribution in [3.8, 4) is 28.8 Å². The maximum absolute atomic E-state index is 13.0. The second kappa shape index (κ2) is 11.2. The van der Waals surface area contributed by atoms with Gasteiger partial charge in [-0.05, 0) is 23.8 Å². The van der Waals surface area contributed by atoms with E-state index in [0.29, 0.717) is 16.9 Å². The van der Waals surface area contributed by atoms with Crippen LogP contribution >= 0.6 is 15.9 Å². The van der Waals surface area contributed by atoms with E-state index in [4.69, 9.17) is 18.6 Å². The van der Waals surface area contributed by atoms with E-state index in [0.717, 1.165) is 8.78 Å². The third-order valence-electron chi connectivity index (χ3n) is 4.74. The monoisotopic (exact) mass is 576 g/mol. The van der Waals surface area contributed by atoms with Crippen LogP contribution in [0.4, 0.5) is 11.7 Å². The number of halogens is 1. The number of hydrogen-bond donors (Lipinski definition) is 1. The van der Waals surface area contributed by atoms with Crippen molar-refractivity contribution in [1.82, 2.24) is 19.9 Å². The maximum Gasteiger partial charge on any atom is 0.327 e. The Kier molecular flexibility index (Phi) is 7.85. The number of benzene rings is 1. The number of ether oxygens (including phenoxy) is 3. The van der Waals surface area contributed by atoms with E-state index >= 15 is 0 Å². The summed E-state index contributed by atoms with van der Waals surface area (Å²) in [6, 6.07) is 10.5. The van der Waals surface area contributed by atoms with Gasteiger partial charge in [-0.25, -0.2) is 19.0 Å². The molecule has 0 aliphatic carbocycles. The van der Waals surface area contributed by atoms with Crippen molar-refractivity contribution in [3.63, 3.8) is 0 Å². The summed E-state index contributed by atoms with van der Waals surface area (Å²) in [7, 11) is -1.20. The van der Waals surface area contributed by atoms with E-state index < -0.39 is 10.2 Å². The van der Waals surface area contributed by atoms with Gasteiger partial charge in [-0.2, -0.15) is 18.4 Å². The van der Waals surface area contributed by atoms with Gasteiger partial charge < -0.3 is 18.6 Å². The Hall–Kier alpha value is -3.91. The van der Waals surface area contributed by atoms with Crippen LogP contribution in [0, 0.1) is 0 Å². The molecule has 0 aliphatic rings. The van der Waals surface area contributed by atoms with Crippen LogP contribution in [-0.4, -0.2) is 55.7 Å². The Morgan fingerprint density at radius 1 is 1.03 bits per heavy atom. The number of anilines is 2. The molecule has 0 saturated heterocycles. The summed E-state index contributed by atoms with van der Waals surface area (Å²) < 4.78 is 51.9. The minimum absolute atomic E-state index is 0.0279. The van der Waals surface area contributed by atoms with Crippen LogP contribution in [0.2, 0.25) is 0 Å².